The van der Waals surface area contributed by atoms with E-state index in [1.807, 2.05) is 29.6 Å². The molecule has 0 spiro atoms. The summed E-state index contributed by atoms with van der Waals surface area (Å²) in [5.41, 5.74) is 3.76. The molecule has 0 bridgehead atoms. The molecule has 25 heavy (non-hydrogen) atoms. The molecule has 1 aromatic heterocycles. The van der Waals surface area contributed by atoms with E-state index in [1.165, 1.54) is 12.1 Å². The lowest BCUT2D eigenvalue weighted by Crippen LogP contribution is -2.22. The van der Waals surface area contributed by atoms with Crippen LogP contribution in [0.3, 0.4) is 0 Å². The molecule has 0 saturated carbocycles. The Kier molecular flexibility index (Phi) is 4.01. The minimum Gasteiger partial charge on any atom is -0.497 e. The number of thiophene rings is 1. The van der Waals surface area contributed by atoms with Crippen LogP contribution in [-0.4, -0.2) is 13.0 Å². The first-order chi connectivity index (χ1) is 12.2. The van der Waals surface area contributed by atoms with Gasteiger partial charge in [-0.1, -0.05) is 24.3 Å². The van der Waals surface area contributed by atoms with Gasteiger partial charge in [0.15, 0.2) is 0 Å². The number of fused-ring (bicyclic) bond motifs is 1. The van der Waals surface area contributed by atoms with E-state index < -0.39 is 0 Å². The van der Waals surface area contributed by atoms with Crippen LogP contribution in [0.1, 0.15) is 22.8 Å². The number of nitrogens with one attached hydrogen (secondary N) is 1. The van der Waals surface area contributed by atoms with Crippen LogP contribution in [0.25, 0.3) is 11.1 Å². The first kappa shape index (κ1) is 15.8. The first-order valence-corrected chi connectivity index (χ1v) is 8.85. The van der Waals surface area contributed by atoms with Crippen molar-refractivity contribution in [2.45, 2.75) is 12.3 Å². The van der Waals surface area contributed by atoms with Crippen molar-refractivity contribution in [1.29, 1.82) is 0 Å². The van der Waals surface area contributed by atoms with Gasteiger partial charge in [-0.2, -0.15) is 0 Å². The fraction of sp³-hybridized carbons (Fsp3) is 0.150. The topological polar surface area (TPSA) is 38.3 Å². The molecule has 2 aromatic carbocycles. The zero-order chi connectivity index (χ0) is 17.4. The van der Waals surface area contributed by atoms with Crippen molar-refractivity contribution in [3.8, 4) is 16.9 Å². The van der Waals surface area contributed by atoms with Gasteiger partial charge < -0.3 is 10.1 Å². The summed E-state index contributed by atoms with van der Waals surface area (Å²) in [6.45, 7) is 0. The van der Waals surface area contributed by atoms with E-state index in [2.05, 4.69) is 5.32 Å². The average molecular weight is 353 g/mol. The maximum atomic E-state index is 13.2. The minimum atomic E-state index is -0.270. The Morgan fingerprint density at radius 3 is 2.52 bits per heavy atom. The smallest absolute Gasteiger partial charge is 0.225 e. The molecule has 0 fully saturated rings. The van der Waals surface area contributed by atoms with Crippen LogP contribution in [0, 0.1) is 5.82 Å². The predicted octanol–water partition coefficient (Wildman–Crippen LogP) is 5.04. The third kappa shape index (κ3) is 2.91. The van der Waals surface area contributed by atoms with E-state index in [-0.39, 0.29) is 17.6 Å². The summed E-state index contributed by atoms with van der Waals surface area (Å²) in [4.78, 5) is 13.4. The summed E-state index contributed by atoms with van der Waals surface area (Å²) >= 11 is 1.63. The Balaban J connectivity index is 1.76. The van der Waals surface area contributed by atoms with Crippen LogP contribution >= 0.6 is 11.3 Å². The molecular formula is C20H16FNO2S. The van der Waals surface area contributed by atoms with Gasteiger partial charge in [0.1, 0.15) is 11.6 Å². The van der Waals surface area contributed by atoms with Crippen molar-refractivity contribution in [2.24, 2.45) is 0 Å². The lowest BCUT2D eigenvalue weighted by Gasteiger charge is -2.24. The molecule has 1 N–H and O–H groups in total. The summed E-state index contributed by atoms with van der Waals surface area (Å²) in [6.07, 6.45) is 0.419. The number of hydrogen-bond acceptors (Lipinski definition) is 3. The molecular weight excluding hydrogens is 337 g/mol. The molecule has 1 aliphatic rings. The van der Waals surface area contributed by atoms with Gasteiger partial charge in [0.05, 0.1) is 12.8 Å². The monoisotopic (exact) mass is 353 g/mol. The van der Waals surface area contributed by atoms with Gasteiger partial charge in [-0.15, -0.1) is 11.3 Å². The predicted molar refractivity (Wildman–Crippen MR) is 97.8 cm³/mol. The molecule has 3 nitrogen and oxygen atoms in total. The summed E-state index contributed by atoms with van der Waals surface area (Å²) in [7, 11) is 1.63. The molecule has 0 saturated heterocycles. The van der Waals surface area contributed by atoms with Gasteiger partial charge >= 0.3 is 0 Å². The molecule has 0 radical (unpaired) electrons. The molecule has 2 heterocycles. The Hall–Kier alpha value is -2.66. The minimum absolute atomic E-state index is 0.00456. The zero-order valence-electron chi connectivity index (χ0n) is 13.6. The van der Waals surface area contributed by atoms with Gasteiger partial charge in [-0.3, -0.25) is 4.79 Å². The number of anilines is 1. The van der Waals surface area contributed by atoms with Gasteiger partial charge in [-0.25, -0.2) is 4.39 Å². The van der Waals surface area contributed by atoms with Crippen molar-refractivity contribution in [3.63, 3.8) is 0 Å². The number of ether oxygens (including phenoxy) is 1. The highest BCUT2D eigenvalue weighted by molar-refractivity contribution is 7.11. The number of methoxy groups -OCH3 is 1. The number of halogens is 1. The van der Waals surface area contributed by atoms with E-state index >= 15 is 0 Å². The van der Waals surface area contributed by atoms with Crippen LogP contribution in [0.2, 0.25) is 0 Å². The number of carbonyl (C=O) groups excluding carboxylic acids is 1. The normalized spacial score (nSPS) is 16.2. The second-order valence-corrected chi connectivity index (χ2v) is 6.88. The lowest BCUT2D eigenvalue weighted by atomic mass is 9.89. The quantitative estimate of drug-likeness (QED) is 0.717. The highest BCUT2D eigenvalue weighted by Gasteiger charge is 2.30. The van der Waals surface area contributed by atoms with E-state index in [0.29, 0.717) is 6.42 Å². The highest BCUT2D eigenvalue weighted by Crippen LogP contribution is 2.46. The second kappa shape index (κ2) is 6.33. The van der Waals surface area contributed by atoms with E-state index in [9.17, 15) is 9.18 Å². The molecule has 1 atom stereocenters. The van der Waals surface area contributed by atoms with Crippen molar-refractivity contribution in [2.75, 3.05) is 12.4 Å². The van der Waals surface area contributed by atoms with Gasteiger partial charge in [0.25, 0.3) is 0 Å². The summed E-state index contributed by atoms with van der Waals surface area (Å²) in [5.74, 6) is 0.541. The van der Waals surface area contributed by atoms with Crippen molar-refractivity contribution >= 4 is 22.9 Å². The summed E-state index contributed by atoms with van der Waals surface area (Å²) in [5, 5.41) is 5.02. The standard InChI is InChI=1S/C20H16FNO2S/c1-24-15-8-4-12(5-9-15)16-10-18(23)22-19-17(11-25-20(16)19)13-2-6-14(21)7-3-13/h2-9,11,16H,10H2,1H3,(H,22,23)/t16-/m0/s1. The van der Waals surface area contributed by atoms with Crippen LogP contribution in [0.5, 0.6) is 5.75 Å². The van der Waals surface area contributed by atoms with Gasteiger partial charge in [-0.05, 0) is 35.4 Å². The van der Waals surface area contributed by atoms with E-state index in [0.717, 1.165) is 33.0 Å². The average Bonchev–Trinajstić information content (AvgIpc) is 3.05. The van der Waals surface area contributed by atoms with Crippen molar-refractivity contribution < 1.29 is 13.9 Å². The first-order valence-electron chi connectivity index (χ1n) is 7.97. The van der Waals surface area contributed by atoms with Gasteiger partial charge in [0, 0.05) is 28.2 Å². The molecule has 0 aliphatic carbocycles. The maximum Gasteiger partial charge on any atom is 0.225 e. The Labute approximate surface area is 149 Å². The Morgan fingerprint density at radius 2 is 1.84 bits per heavy atom. The second-order valence-electron chi connectivity index (χ2n) is 5.97. The Bertz CT molecular complexity index is 916. The lowest BCUT2D eigenvalue weighted by molar-refractivity contribution is -0.116. The molecule has 5 heteroatoms. The van der Waals surface area contributed by atoms with Crippen LogP contribution in [-0.2, 0) is 4.79 Å². The van der Waals surface area contributed by atoms with Crippen molar-refractivity contribution in [1.82, 2.24) is 0 Å². The summed E-state index contributed by atoms with van der Waals surface area (Å²) < 4.78 is 18.4. The maximum absolute atomic E-state index is 13.2. The number of rotatable bonds is 3. The third-order valence-electron chi connectivity index (χ3n) is 4.46. The summed E-state index contributed by atoms with van der Waals surface area (Å²) in [6, 6.07) is 14.2. The molecule has 3 aromatic rings. The van der Waals surface area contributed by atoms with Crippen LogP contribution in [0.15, 0.2) is 53.9 Å². The van der Waals surface area contributed by atoms with Crippen molar-refractivity contribution in [3.05, 3.63) is 70.2 Å². The molecule has 1 amide bonds. The zero-order valence-corrected chi connectivity index (χ0v) is 14.4. The number of benzene rings is 2. The fourth-order valence-electron chi connectivity index (χ4n) is 3.17. The molecule has 0 unspecified atom stereocenters. The number of hydrogen-bond donors (Lipinski definition) is 1. The third-order valence-corrected chi connectivity index (χ3v) is 5.56. The highest BCUT2D eigenvalue weighted by atomic mass is 32.1. The largest absolute Gasteiger partial charge is 0.497 e. The van der Waals surface area contributed by atoms with Gasteiger partial charge in [0.2, 0.25) is 5.91 Å². The molecule has 4 rings (SSSR count). The van der Waals surface area contributed by atoms with Crippen LogP contribution < -0.4 is 10.1 Å². The number of amides is 1. The SMILES string of the molecule is COc1ccc([C@@H]2CC(=O)Nc3c(-c4ccc(F)cc4)csc32)cc1. The van der Waals surface area contributed by atoms with E-state index in [4.69, 9.17) is 4.74 Å². The van der Waals surface area contributed by atoms with Crippen LogP contribution in [0.4, 0.5) is 10.1 Å². The Morgan fingerprint density at radius 1 is 1.12 bits per heavy atom. The molecule has 1 aliphatic heterocycles. The molecule has 126 valence electrons. The fourth-order valence-corrected chi connectivity index (χ4v) is 4.34. The van der Waals surface area contributed by atoms with E-state index in [1.54, 1.807) is 30.6 Å². The number of carbonyl (C=O) groups is 1.